The monoisotopic (exact) mass is 295 g/mol. The number of hydrogen-bond donors (Lipinski definition) is 0. The van der Waals surface area contributed by atoms with E-state index in [1.807, 2.05) is 12.1 Å². The molecule has 0 saturated carbocycles. The molecule has 0 aliphatic carbocycles. The van der Waals surface area contributed by atoms with Gasteiger partial charge in [0.05, 0.1) is 18.2 Å². The number of rotatable bonds is 6. The Labute approximate surface area is 131 Å². The van der Waals surface area contributed by atoms with Crippen LogP contribution >= 0.6 is 0 Å². The van der Waals surface area contributed by atoms with Crippen LogP contribution in [0.15, 0.2) is 35.1 Å². The molecule has 0 fully saturated rings. The molecule has 2 rings (SSSR count). The topological polar surface area (TPSA) is 58.7 Å². The predicted molar refractivity (Wildman–Crippen MR) is 87.5 cm³/mol. The SMILES string of the molecule is CCCCn1nc(-c2ccc(CC)cc2)cc(CC#N)c1=O. The van der Waals surface area contributed by atoms with Crippen molar-refractivity contribution < 1.29 is 0 Å². The van der Waals surface area contributed by atoms with Gasteiger partial charge in [-0.2, -0.15) is 10.4 Å². The molecule has 2 aromatic rings. The van der Waals surface area contributed by atoms with Crippen molar-refractivity contribution in [2.45, 2.75) is 46.1 Å². The van der Waals surface area contributed by atoms with Crippen molar-refractivity contribution in [1.29, 1.82) is 5.26 Å². The van der Waals surface area contributed by atoms with Crippen LogP contribution in [0.3, 0.4) is 0 Å². The largest absolute Gasteiger partial charge is 0.271 e. The molecule has 22 heavy (non-hydrogen) atoms. The molecular weight excluding hydrogens is 274 g/mol. The van der Waals surface area contributed by atoms with E-state index in [9.17, 15) is 4.79 Å². The van der Waals surface area contributed by atoms with Gasteiger partial charge in [0, 0.05) is 17.7 Å². The third-order valence-corrected chi connectivity index (χ3v) is 3.70. The Morgan fingerprint density at radius 1 is 1.23 bits per heavy atom. The summed E-state index contributed by atoms with van der Waals surface area (Å²) in [7, 11) is 0. The molecule has 0 spiro atoms. The first kappa shape index (κ1) is 16.0. The van der Waals surface area contributed by atoms with Crippen molar-refractivity contribution in [3.63, 3.8) is 0 Å². The average Bonchev–Trinajstić information content (AvgIpc) is 2.56. The van der Waals surface area contributed by atoms with Crippen LogP contribution in [-0.2, 0) is 19.4 Å². The van der Waals surface area contributed by atoms with Crippen LogP contribution in [-0.4, -0.2) is 9.78 Å². The fraction of sp³-hybridized carbons (Fsp3) is 0.389. The van der Waals surface area contributed by atoms with Crippen LogP contribution in [0.1, 0.15) is 37.8 Å². The standard InChI is InChI=1S/C18H21N3O/c1-3-5-12-21-18(22)16(10-11-19)13-17(20-21)15-8-6-14(4-2)7-9-15/h6-9,13H,3-5,10,12H2,1-2H3. The van der Waals surface area contributed by atoms with Gasteiger partial charge in [0.15, 0.2) is 0 Å². The van der Waals surface area contributed by atoms with Gasteiger partial charge in [-0.05, 0) is 24.5 Å². The summed E-state index contributed by atoms with van der Waals surface area (Å²) in [6.45, 7) is 4.78. The minimum atomic E-state index is -0.149. The highest BCUT2D eigenvalue weighted by atomic mass is 16.1. The first-order chi connectivity index (χ1) is 10.7. The minimum Gasteiger partial charge on any atom is -0.267 e. The second kappa shape index (κ2) is 7.56. The lowest BCUT2D eigenvalue weighted by molar-refractivity contribution is 0.541. The van der Waals surface area contributed by atoms with Crippen molar-refractivity contribution in [1.82, 2.24) is 9.78 Å². The van der Waals surface area contributed by atoms with Gasteiger partial charge in [-0.1, -0.05) is 44.5 Å². The molecule has 4 heteroatoms. The molecule has 0 atom stereocenters. The fourth-order valence-corrected chi connectivity index (χ4v) is 2.32. The van der Waals surface area contributed by atoms with Gasteiger partial charge < -0.3 is 0 Å². The number of hydrogen-bond acceptors (Lipinski definition) is 3. The first-order valence-electron chi connectivity index (χ1n) is 7.76. The van der Waals surface area contributed by atoms with Crippen molar-refractivity contribution in [2.24, 2.45) is 0 Å². The van der Waals surface area contributed by atoms with Crippen molar-refractivity contribution >= 4 is 0 Å². The quantitative estimate of drug-likeness (QED) is 0.821. The zero-order valence-electron chi connectivity index (χ0n) is 13.2. The maximum Gasteiger partial charge on any atom is 0.271 e. The van der Waals surface area contributed by atoms with E-state index in [2.05, 4.69) is 37.1 Å². The normalized spacial score (nSPS) is 10.4. The summed E-state index contributed by atoms with van der Waals surface area (Å²) in [6, 6.07) is 12.0. The van der Waals surface area contributed by atoms with Crippen LogP contribution in [0.4, 0.5) is 0 Å². The predicted octanol–water partition coefficient (Wildman–Crippen LogP) is 3.34. The summed E-state index contributed by atoms with van der Waals surface area (Å²) >= 11 is 0. The Morgan fingerprint density at radius 2 is 1.95 bits per heavy atom. The van der Waals surface area contributed by atoms with E-state index in [0.29, 0.717) is 12.1 Å². The summed E-state index contributed by atoms with van der Waals surface area (Å²) in [6.07, 6.45) is 3.01. The molecule has 114 valence electrons. The van der Waals surface area contributed by atoms with E-state index < -0.39 is 0 Å². The Morgan fingerprint density at radius 3 is 2.55 bits per heavy atom. The van der Waals surface area contributed by atoms with Gasteiger partial charge in [-0.3, -0.25) is 4.79 Å². The summed E-state index contributed by atoms with van der Waals surface area (Å²) < 4.78 is 1.50. The summed E-state index contributed by atoms with van der Waals surface area (Å²) in [4.78, 5) is 12.3. The number of aromatic nitrogens is 2. The summed E-state index contributed by atoms with van der Waals surface area (Å²) in [5.41, 5.74) is 3.36. The van der Waals surface area contributed by atoms with Gasteiger partial charge in [0.1, 0.15) is 0 Å². The van der Waals surface area contributed by atoms with E-state index >= 15 is 0 Å². The highest BCUT2D eigenvalue weighted by molar-refractivity contribution is 5.59. The summed E-state index contributed by atoms with van der Waals surface area (Å²) in [5.74, 6) is 0. The Balaban J connectivity index is 2.47. The molecule has 0 radical (unpaired) electrons. The molecule has 0 amide bonds. The number of aryl methyl sites for hydroxylation is 2. The van der Waals surface area contributed by atoms with Crippen molar-refractivity contribution in [3.8, 4) is 17.3 Å². The number of unbranched alkanes of at least 4 members (excludes halogenated alkanes) is 1. The Kier molecular flexibility index (Phi) is 5.48. The van der Waals surface area contributed by atoms with E-state index in [-0.39, 0.29) is 12.0 Å². The molecule has 1 aromatic heterocycles. The molecule has 0 aliphatic rings. The van der Waals surface area contributed by atoms with Crippen LogP contribution < -0.4 is 5.56 Å². The molecule has 0 unspecified atom stereocenters. The van der Waals surface area contributed by atoms with E-state index in [4.69, 9.17) is 5.26 Å². The lowest BCUT2D eigenvalue weighted by Gasteiger charge is -2.09. The van der Waals surface area contributed by atoms with Crippen LogP contribution in [0.5, 0.6) is 0 Å². The molecule has 1 heterocycles. The lowest BCUT2D eigenvalue weighted by atomic mass is 10.1. The van der Waals surface area contributed by atoms with Gasteiger partial charge in [0.2, 0.25) is 0 Å². The molecule has 0 aliphatic heterocycles. The highest BCUT2D eigenvalue weighted by Crippen LogP contribution is 2.18. The van der Waals surface area contributed by atoms with E-state index in [1.54, 1.807) is 6.07 Å². The number of benzene rings is 1. The Bertz CT molecular complexity index is 723. The van der Waals surface area contributed by atoms with Crippen molar-refractivity contribution in [3.05, 3.63) is 51.8 Å². The van der Waals surface area contributed by atoms with E-state index in [1.165, 1.54) is 10.2 Å². The molecule has 0 N–H and O–H groups in total. The third-order valence-electron chi connectivity index (χ3n) is 3.70. The maximum absolute atomic E-state index is 12.3. The van der Waals surface area contributed by atoms with Crippen LogP contribution in [0.2, 0.25) is 0 Å². The lowest BCUT2D eigenvalue weighted by Crippen LogP contribution is -2.26. The third kappa shape index (κ3) is 3.62. The van der Waals surface area contributed by atoms with Gasteiger partial charge in [-0.25, -0.2) is 4.68 Å². The second-order valence-electron chi connectivity index (χ2n) is 5.32. The van der Waals surface area contributed by atoms with E-state index in [0.717, 1.165) is 30.5 Å². The summed E-state index contributed by atoms with van der Waals surface area (Å²) in [5, 5.41) is 13.4. The first-order valence-corrected chi connectivity index (χ1v) is 7.76. The van der Waals surface area contributed by atoms with Gasteiger partial charge in [0.25, 0.3) is 5.56 Å². The highest BCUT2D eigenvalue weighted by Gasteiger charge is 2.09. The molecule has 4 nitrogen and oxygen atoms in total. The number of nitrogens with zero attached hydrogens (tertiary/aromatic N) is 3. The second-order valence-corrected chi connectivity index (χ2v) is 5.32. The van der Waals surface area contributed by atoms with Crippen LogP contribution in [0.25, 0.3) is 11.3 Å². The van der Waals surface area contributed by atoms with Gasteiger partial charge >= 0.3 is 0 Å². The van der Waals surface area contributed by atoms with Crippen LogP contribution in [0, 0.1) is 11.3 Å². The molecule has 0 saturated heterocycles. The van der Waals surface area contributed by atoms with Crippen molar-refractivity contribution in [2.75, 3.05) is 0 Å². The minimum absolute atomic E-state index is 0.119. The maximum atomic E-state index is 12.3. The zero-order chi connectivity index (χ0) is 15.9. The molecule has 0 bridgehead atoms. The fourth-order valence-electron chi connectivity index (χ4n) is 2.32. The smallest absolute Gasteiger partial charge is 0.267 e. The van der Waals surface area contributed by atoms with Gasteiger partial charge in [-0.15, -0.1) is 0 Å². The Hall–Kier alpha value is -2.41. The average molecular weight is 295 g/mol. The molecule has 1 aromatic carbocycles. The number of nitriles is 1. The molecular formula is C18H21N3O. The zero-order valence-corrected chi connectivity index (χ0v) is 13.2.